The minimum Gasteiger partial charge on any atom is -0.342 e. The molecule has 84 valence electrons. The van der Waals surface area contributed by atoms with Crippen molar-refractivity contribution in [2.75, 3.05) is 13.6 Å². The van der Waals surface area contributed by atoms with Crippen LogP contribution in [0, 0.1) is 0 Å². The lowest BCUT2D eigenvalue weighted by atomic mass is 10.1. The molecule has 1 aromatic rings. The van der Waals surface area contributed by atoms with E-state index in [-0.39, 0.29) is 5.91 Å². The standard InChI is InChI=1S/C13H15NO2/c1-3-14(2)13(16)12-9-5-4-7-11(12)8-6-10-15/h4-10H,3H2,1-2H3/b8-6+. The van der Waals surface area contributed by atoms with Crippen LogP contribution in [0.25, 0.3) is 6.08 Å². The van der Waals surface area contributed by atoms with Gasteiger partial charge in [0.15, 0.2) is 0 Å². The van der Waals surface area contributed by atoms with Gasteiger partial charge < -0.3 is 4.90 Å². The van der Waals surface area contributed by atoms with E-state index < -0.39 is 0 Å². The monoisotopic (exact) mass is 217 g/mol. The molecule has 0 heterocycles. The van der Waals surface area contributed by atoms with Crippen LogP contribution in [0.4, 0.5) is 0 Å². The molecule has 0 aliphatic rings. The van der Waals surface area contributed by atoms with E-state index in [1.165, 1.54) is 6.08 Å². The SMILES string of the molecule is CCN(C)C(=O)c1ccccc1/C=C/C=O. The molecule has 1 aromatic carbocycles. The first-order valence-corrected chi connectivity index (χ1v) is 5.17. The van der Waals surface area contributed by atoms with E-state index in [0.29, 0.717) is 18.4 Å². The quantitative estimate of drug-likeness (QED) is 0.571. The maximum Gasteiger partial charge on any atom is 0.254 e. The van der Waals surface area contributed by atoms with Gasteiger partial charge in [0.05, 0.1) is 0 Å². The zero-order chi connectivity index (χ0) is 12.0. The Kier molecular flexibility index (Phi) is 4.45. The number of hydrogen-bond acceptors (Lipinski definition) is 2. The van der Waals surface area contributed by atoms with Gasteiger partial charge in [-0.15, -0.1) is 0 Å². The minimum atomic E-state index is -0.0337. The average molecular weight is 217 g/mol. The van der Waals surface area contributed by atoms with Gasteiger partial charge in [0.25, 0.3) is 5.91 Å². The Hall–Kier alpha value is -1.90. The third-order valence-corrected chi connectivity index (χ3v) is 2.37. The van der Waals surface area contributed by atoms with Gasteiger partial charge >= 0.3 is 0 Å². The molecule has 3 nitrogen and oxygen atoms in total. The Morgan fingerprint density at radius 1 is 1.38 bits per heavy atom. The molecule has 0 aromatic heterocycles. The Morgan fingerprint density at radius 3 is 2.69 bits per heavy atom. The molecule has 0 saturated heterocycles. The van der Waals surface area contributed by atoms with Crippen LogP contribution in [0.1, 0.15) is 22.8 Å². The zero-order valence-electron chi connectivity index (χ0n) is 9.51. The van der Waals surface area contributed by atoms with Gasteiger partial charge in [0.2, 0.25) is 0 Å². The second-order valence-electron chi connectivity index (χ2n) is 3.40. The first-order chi connectivity index (χ1) is 7.70. The highest BCUT2D eigenvalue weighted by molar-refractivity contribution is 5.98. The van der Waals surface area contributed by atoms with E-state index in [2.05, 4.69) is 0 Å². The predicted octanol–water partition coefficient (Wildman–Crippen LogP) is 1.99. The smallest absolute Gasteiger partial charge is 0.254 e. The van der Waals surface area contributed by atoms with E-state index in [1.54, 1.807) is 24.1 Å². The first-order valence-electron chi connectivity index (χ1n) is 5.17. The normalized spacial score (nSPS) is 10.4. The molecular formula is C13H15NO2. The second kappa shape index (κ2) is 5.85. The number of carbonyl (C=O) groups excluding carboxylic acids is 2. The second-order valence-corrected chi connectivity index (χ2v) is 3.40. The summed E-state index contributed by atoms with van der Waals surface area (Å²) in [7, 11) is 1.75. The summed E-state index contributed by atoms with van der Waals surface area (Å²) in [4.78, 5) is 23.9. The largest absolute Gasteiger partial charge is 0.342 e. The molecule has 0 N–H and O–H groups in total. The van der Waals surface area contributed by atoms with Crippen LogP contribution >= 0.6 is 0 Å². The molecule has 1 rings (SSSR count). The molecule has 0 fully saturated rings. The van der Waals surface area contributed by atoms with Gasteiger partial charge in [-0.05, 0) is 24.6 Å². The summed E-state index contributed by atoms with van der Waals surface area (Å²) in [5, 5.41) is 0. The summed E-state index contributed by atoms with van der Waals surface area (Å²) in [6.07, 6.45) is 3.73. The van der Waals surface area contributed by atoms with Gasteiger partial charge in [0, 0.05) is 19.2 Å². The van der Waals surface area contributed by atoms with Crippen molar-refractivity contribution in [3.05, 3.63) is 41.5 Å². The van der Waals surface area contributed by atoms with E-state index in [4.69, 9.17) is 0 Å². The van der Waals surface area contributed by atoms with Crippen LogP contribution in [-0.2, 0) is 4.79 Å². The molecule has 0 bridgehead atoms. The molecular weight excluding hydrogens is 202 g/mol. The van der Waals surface area contributed by atoms with Crippen molar-refractivity contribution in [2.24, 2.45) is 0 Å². The first kappa shape index (κ1) is 12.2. The topological polar surface area (TPSA) is 37.4 Å². The maximum atomic E-state index is 12.0. The van der Waals surface area contributed by atoms with E-state index in [9.17, 15) is 9.59 Å². The van der Waals surface area contributed by atoms with Gasteiger partial charge in [-0.25, -0.2) is 0 Å². The Labute approximate surface area is 95.4 Å². The number of allylic oxidation sites excluding steroid dienone is 1. The number of carbonyl (C=O) groups is 2. The van der Waals surface area contributed by atoms with Crippen molar-refractivity contribution in [2.45, 2.75) is 6.92 Å². The van der Waals surface area contributed by atoms with Gasteiger partial charge in [-0.2, -0.15) is 0 Å². The summed E-state index contributed by atoms with van der Waals surface area (Å²) >= 11 is 0. The van der Waals surface area contributed by atoms with Gasteiger partial charge in [0.1, 0.15) is 6.29 Å². The summed E-state index contributed by atoms with van der Waals surface area (Å²) < 4.78 is 0. The van der Waals surface area contributed by atoms with E-state index in [1.807, 2.05) is 25.1 Å². The number of aldehydes is 1. The van der Waals surface area contributed by atoms with Crippen molar-refractivity contribution in [1.29, 1.82) is 0 Å². The van der Waals surface area contributed by atoms with Crippen molar-refractivity contribution in [3.63, 3.8) is 0 Å². The third kappa shape index (κ3) is 2.79. The molecule has 0 aliphatic carbocycles. The predicted molar refractivity (Wildman–Crippen MR) is 64.2 cm³/mol. The van der Waals surface area contributed by atoms with Gasteiger partial charge in [-0.1, -0.05) is 24.3 Å². The van der Waals surface area contributed by atoms with Crippen molar-refractivity contribution < 1.29 is 9.59 Å². The van der Waals surface area contributed by atoms with Gasteiger partial charge in [-0.3, -0.25) is 9.59 Å². The average Bonchev–Trinajstić information content (AvgIpc) is 2.34. The summed E-state index contributed by atoms with van der Waals surface area (Å²) in [5.41, 5.74) is 1.38. The van der Waals surface area contributed by atoms with Crippen LogP contribution in [0.2, 0.25) is 0 Å². The Bertz CT molecular complexity index is 410. The van der Waals surface area contributed by atoms with Crippen LogP contribution < -0.4 is 0 Å². The van der Waals surface area contributed by atoms with Crippen LogP contribution in [0.15, 0.2) is 30.3 Å². The molecule has 0 atom stereocenters. The maximum absolute atomic E-state index is 12.0. The van der Waals surface area contributed by atoms with Crippen molar-refractivity contribution >= 4 is 18.3 Å². The fourth-order valence-corrected chi connectivity index (χ4v) is 1.33. The summed E-state index contributed by atoms with van der Waals surface area (Å²) in [5.74, 6) is -0.0337. The highest BCUT2D eigenvalue weighted by Gasteiger charge is 2.12. The highest BCUT2D eigenvalue weighted by atomic mass is 16.2. The van der Waals surface area contributed by atoms with Crippen LogP contribution in [0.5, 0.6) is 0 Å². The summed E-state index contributed by atoms with van der Waals surface area (Å²) in [6.45, 7) is 2.58. The summed E-state index contributed by atoms with van der Waals surface area (Å²) in [6, 6.07) is 7.23. The lowest BCUT2D eigenvalue weighted by Gasteiger charge is -2.15. The number of amides is 1. The number of hydrogen-bond donors (Lipinski definition) is 0. The molecule has 0 spiro atoms. The Morgan fingerprint density at radius 2 is 2.06 bits per heavy atom. The van der Waals surface area contributed by atoms with Crippen molar-refractivity contribution in [3.8, 4) is 0 Å². The van der Waals surface area contributed by atoms with Crippen molar-refractivity contribution in [1.82, 2.24) is 4.90 Å². The lowest BCUT2D eigenvalue weighted by molar-refractivity contribution is -0.104. The number of nitrogens with zero attached hydrogens (tertiary/aromatic N) is 1. The van der Waals surface area contributed by atoms with E-state index >= 15 is 0 Å². The molecule has 1 amide bonds. The molecule has 0 unspecified atom stereocenters. The molecule has 0 saturated carbocycles. The fraction of sp³-hybridized carbons (Fsp3) is 0.231. The Balaban J connectivity index is 3.07. The molecule has 3 heteroatoms. The number of benzene rings is 1. The van der Waals surface area contributed by atoms with E-state index in [0.717, 1.165) is 5.56 Å². The third-order valence-electron chi connectivity index (χ3n) is 2.37. The molecule has 0 radical (unpaired) electrons. The molecule has 0 aliphatic heterocycles. The number of rotatable bonds is 4. The zero-order valence-corrected chi connectivity index (χ0v) is 9.51. The van der Waals surface area contributed by atoms with Crippen LogP contribution in [0.3, 0.4) is 0 Å². The fourth-order valence-electron chi connectivity index (χ4n) is 1.33. The lowest BCUT2D eigenvalue weighted by Crippen LogP contribution is -2.26. The minimum absolute atomic E-state index is 0.0337. The molecule has 16 heavy (non-hydrogen) atoms. The van der Waals surface area contributed by atoms with Crippen LogP contribution in [-0.4, -0.2) is 30.7 Å². The highest BCUT2D eigenvalue weighted by Crippen LogP contribution is 2.12.